The second-order valence-electron chi connectivity index (χ2n) is 3.45. The lowest BCUT2D eigenvalue weighted by atomic mass is 10.1. The van der Waals surface area contributed by atoms with Crippen LogP contribution in [0.4, 0.5) is 0 Å². The number of ether oxygens (including phenoxy) is 1. The van der Waals surface area contributed by atoms with Crippen molar-refractivity contribution >= 4 is 11.6 Å². The third kappa shape index (κ3) is 2.58. The Morgan fingerprint density at radius 2 is 1.82 bits per heavy atom. The van der Waals surface area contributed by atoms with E-state index in [9.17, 15) is 0 Å². The summed E-state index contributed by atoms with van der Waals surface area (Å²) in [5.41, 5.74) is 1.27. The zero-order valence-electron chi connectivity index (χ0n) is 9.06. The van der Waals surface area contributed by atoms with E-state index in [1.807, 2.05) is 42.5 Å². The highest BCUT2D eigenvalue weighted by Crippen LogP contribution is 2.27. The number of benzene rings is 2. The van der Waals surface area contributed by atoms with E-state index in [4.69, 9.17) is 21.6 Å². The van der Waals surface area contributed by atoms with E-state index in [1.165, 1.54) is 0 Å². The topological polar surface area (TPSA) is 33.0 Å². The van der Waals surface area contributed by atoms with Gasteiger partial charge in [0.2, 0.25) is 0 Å². The Kier molecular flexibility index (Phi) is 3.64. The molecule has 0 amide bonds. The number of hydrogen-bond acceptors (Lipinski definition) is 2. The van der Waals surface area contributed by atoms with Crippen molar-refractivity contribution in [2.75, 3.05) is 0 Å². The van der Waals surface area contributed by atoms with Crippen molar-refractivity contribution in [3.63, 3.8) is 0 Å². The molecule has 0 aliphatic carbocycles. The molecule has 0 saturated carbocycles. The second kappa shape index (κ2) is 5.38. The van der Waals surface area contributed by atoms with Gasteiger partial charge in [-0.1, -0.05) is 30.3 Å². The minimum Gasteiger partial charge on any atom is -0.456 e. The van der Waals surface area contributed by atoms with Gasteiger partial charge < -0.3 is 4.74 Å². The van der Waals surface area contributed by atoms with Crippen LogP contribution >= 0.6 is 11.6 Å². The highest BCUT2D eigenvalue weighted by atomic mass is 35.5. The van der Waals surface area contributed by atoms with E-state index in [-0.39, 0.29) is 0 Å². The molecule has 84 valence electrons. The lowest BCUT2D eigenvalue weighted by molar-refractivity contribution is 0.480. The Morgan fingerprint density at radius 3 is 2.47 bits per heavy atom. The number of hydrogen-bond donors (Lipinski definition) is 0. The normalized spacial score (nSPS) is 9.65. The second-order valence-corrected chi connectivity index (χ2v) is 3.72. The summed E-state index contributed by atoms with van der Waals surface area (Å²) in [7, 11) is 0. The smallest absolute Gasteiger partial charge is 0.145 e. The Bertz CT molecular complexity index is 546. The number of nitrogens with zero attached hydrogens (tertiary/aromatic N) is 1. The fraction of sp³-hybridized carbons (Fsp3) is 0.0714. The van der Waals surface area contributed by atoms with Crippen LogP contribution in [0.2, 0.25) is 0 Å². The molecule has 0 heterocycles. The monoisotopic (exact) mass is 243 g/mol. The van der Waals surface area contributed by atoms with Gasteiger partial charge >= 0.3 is 0 Å². The van der Waals surface area contributed by atoms with E-state index < -0.39 is 0 Å². The molecule has 0 unspecified atom stereocenters. The number of para-hydroxylation sites is 1. The molecule has 3 heteroatoms. The number of alkyl halides is 1. The standard InChI is InChI=1S/C14H10ClNO/c15-9-11-5-4-8-14(13(11)10-16)17-12-6-2-1-3-7-12/h1-8H,9H2. The Morgan fingerprint density at radius 1 is 1.06 bits per heavy atom. The first kappa shape index (κ1) is 11.5. The van der Waals surface area contributed by atoms with Crippen molar-refractivity contribution in [2.45, 2.75) is 5.88 Å². The van der Waals surface area contributed by atoms with Gasteiger partial charge in [-0.15, -0.1) is 11.6 Å². The largest absolute Gasteiger partial charge is 0.456 e. The van der Waals surface area contributed by atoms with E-state index >= 15 is 0 Å². The molecule has 0 fully saturated rings. The molecular weight excluding hydrogens is 234 g/mol. The fourth-order valence-corrected chi connectivity index (χ4v) is 1.74. The quantitative estimate of drug-likeness (QED) is 0.761. The van der Waals surface area contributed by atoms with Crippen molar-refractivity contribution < 1.29 is 4.74 Å². The third-order valence-corrected chi connectivity index (χ3v) is 2.63. The summed E-state index contributed by atoms with van der Waals surface area (Å²) >= 11 is 5.78. The van der Waals surface area contributed by atoms with Crippen molar-refractivity contribution in [1.29, 1.82) is 5.26 Å². The van der Waals surface area contributed by atoms with Crippen molar-refractivity contribution in [3.05, 3.63) is 59.7 Å². The maximum atomic E-state index is 9.12. The predicted molar refractivity (Wildman–Crippen MR) is 67.2 cm³/mol. The average Bonchev–Trinajstić information content (AvgIpc) is 2.39. The Balaban J connectivity index is 2.37. The molecule has 0 atom stereocenters. The van der Waals surface area contributed by atoms with E-state index in [2.05, 4.69) is 6.07 Å². The van der Waals surface area contributed by atoms with Crippen LogP contribution in [0.25, 0.3) is 0 Å². The SMILES string of the molecule is N#Cc1c(CCl)cccc1Oc1ccccc1. The van der Waals surface area contributed by atoms with Crippen molar-refractivity contribution in [2.24, 2.45) is 0 Å². The summed E-state index contributed by atoms with van der Waals surface area (Å²) in [6.07, 6.45) is 0. The molecule has 0 radical (unpaired) electrons. The first-order chi connectivity index (χ1) is 8.35. The molecule has 17 heavy (non-hydrogen) atoms. The summed E-state index contributed by atoms with van der Waals surface area (Å²) in [6, 6.07) is 16.9. The van der Waals surface area contributed by atoms with Crippen LogP contribution < -0.4 is 4.74 Å². The van der Waals surface area contributed by atoms with E-state index in [0.29, 0.717) is 22.9 Å². The van der Waals surface area contributed by atoms with Gasteiger partial charge in [-0.25, -0.2) is 0 Å². The molecule has 2 aromatic carbocycles. The van der Waals surface area contributed by atoms with Gasteiger partial charge in [-0.3, -0.25) is 0 Å². The predicted octanol–water partition coefficient (Wildman–Crippen LogP) is 4.09. The van der Waals surface area contributed by atoms with Crippen molar-refractivity contribution in [1.82, 2.24) is 0 Å². The number of nitriles is 1. The van der Waals surface area contributed by atoms with Gasteiger partial charge in [-0.05, 0) is 23.8 Å². The van der Waals surface area contributed by atoms with Gasteiger partial charge in [0.05, 0.1) is 5.56 Å². The van der Waals surface area contributed by atoms with Crippen LogP contribution in [0.3, 0.4) is 0 Å². The van der Waals surface area contributed by atoms with Gasteiger partial charge in [0, 0.05) is 5.88 Å². The molecule has 0 aliphatic rings. The van der Waals surface area contributed by atoms with Gasteiger partial charge in [0.25, 0.3) is 0 Å². The maximum Gasteiger partial charge on any atom is 0.145 e. The molecule has 0 saturated heterocycles. The van der Waals surface area contributed by atoms with Crippen LogP contribution in [0.1, 0.15) is 11.1 Å². The average molecular weight is 244 g/mol. The summed E-state index contributed by atoms with van der Waals surface area (Å²) < 4.78 is 5.66. The van der Waals surface area contributed by atoms with Crippen LogP contribution in [0.15, 0.2) is 48.5 Å². The molecule has 2 aromatic rings. The minimum absolute atomic E-state index is 0.300. The zero-order valence-corrected chi connectivity index (χ0v) is 9.82. The lowest BCUT2D eigenvalue weighted by Gasteiger charge is -2.09. The molecule has 0 spiro atoms. The molecule has 0 N–H and O–H groups in total. The van der Waals surface area contributed by atoms with Gasteiger partial charge in [0.1, 0.15) is 17.6 Å². The summed E-state index contributed by atoms with van der Waals surface area (Å²) in [5.74, 6) is 1.54. The van der Waals surface area contributed by atoms with Crippen LogP contribution in [-0.2, 0) is 5.88 Å². The first-order valence-electron chi connectivity index (χ1n) is 5.16. The minimum atomic E-state index is 0.300. The zero-order chi connectivity index (χ0) is 12.1. The molecule has 0 aromatic heterocycles. The molecule has 2 rings (SSSR count). The van der Waals surface area contributed by atoms with Crippen molar-refractivity contribution in [3.8, 4) is 17.6 Å². The number of rotatable bonds is 3. The summed E-state index contributed by atoms with van der Waals surface area (Å²) in [5, 5.41) is 9.12. The maximum absolute atomic E-state index is 9.12. The Hall–Kier alpha value is -1.98. The Labute approximate surface area is 105 Å². The van der Waals surface area contributed by atoms with Crippen LogP contribution in [0.5, 0.6) is 11.5 Å². The summed E-state index contributed by atoms with van der Waals surface area (Å²) in [4.78, 5) is 0. The van der Waals surface area contributed by atoms with Gasteiger partial charge in [0.15, 0.2) is 0 Å². The molecule has 0 aliphatic heterocycles. The third-order valence-electron chi connectivity index (χ3n) is 2.34. The number of halogens is 1. The van der Waals surface area contributed by atoms with E-state index in [1.54, 1.807) is 6.07 Å². The van der Waals surface area contributed by atoms with Crippen LogP contribution in [-0.4, -0.2) is 0 Å². The van der Waals surface area contributed by atoms with E-state index in [0.717, 1.165) is 5.56 Å². The summed E-state index contributed by atoms with van der Waals surface area (Å²) in [6.45, 7) is 0. The molecule has 0 bridgehead atoms. The lowest BCUT2D eigenvalue weighted by Crippen LogP contribution is -1.92. The first-order valence-corrected chi connectivity index (χ1v) is 5.69. The highest BCUT2D eigenvalue weighted by Gasteiger charge is 2.08. The molecular formula is C14H10ClNO. The van der Waals surface area contributed by atoms with Crippen LogP contribution in [0, 0.1) is 11.3 Å². The molecule has 2 nitrogen and oxygen atoms in total. The van der Waals surface area contributed by atoms with Gasteiger partial charge in [-0.2, -0.15) is 5.26 Å². The highest BCUT2D eigenvalue weighted by molar-refractivity contribution is 6.17. The fourth-order valence-electron chi connectivity index (χ4n) is 1.52.